The Morgan fingerprint density at radius 1 is 1.09 bits per heavy atom. The van der Waals surface area contributed by atoms with Gasteiger partial charge in [-0.15, -0.1) is 0 Å². The fraction of sp³-hybridized carbons (Fsp3) is 0.227. The van der Waals surface area contributed by atoms with Crippen molar-refractivity contribution in [2.24, 2.45) is 7.05 Å². The maximum Gasteiger partial charge on any atom is 0.213 e. The van der Waals surface area contributed by atoms with Crippen LogP contribution in [0.1, 0.15) is 5.56 Å². The summed E-state index contributed by atoms with van der Waals surface area (Å²) in [5.74, 6) is -0.0251. The third-order valence-corrected chi connectivity index (χ3v) is 6.40. The smallest absolute Gasteiger partial charge is 0.213 e. The van der Waals surface area contributed by atoms with Gasteiger partial charge in [0.2, 0.25) is 10.0 Å². The van der Waals surface area contributed by atoms with Gasteiger partial charge < -0.3 is 5.32 Å². The summed E-state index contributed by atoms with van der Waals surface area (Å²) >= 11 is 0. The predicted octanol–water partition coefficient (Wildman–Crippen LogP) is 2.35. The normalized spacial score (nSPS) is 11.6. The number of aryl methyl sites for hydroxylation is 1. The van der Waals surface area contributed by atoms with Crippen LogP contribution in [0, 0.1) is 0 Å². The van der Waals surface area contributed by atoms with Crippen LogP contribution in [0.3, 0.4) is 0 Å². The van der Waals surface area contributed by atoms with Gasteiger partial charge in [0, 0.05) is 55.2 Å². The van der Waals surface area contributed by atoms with Crippen molar-refractivity contribution in [1.29, 1.82) is 0 Å². The maximum absolute atomic E-state index is 11.8. The van der Waals surface area contributed by atoms with Crippen molar-refractivity contribution in [3.8, 4) is 22.4 Å². The Labute approximate surface area is 187 Å². The average Bonchev–Trinajstić information content (AvgIpc) is 3.44. The van der Waals surface area contributed by atoms with Gasteiger partial charge in [0.25, 0.3) is 0 Å². The van der Waals surface area contributed by atoms with Crippen molar-refractivity contribution in [3.63, 3.8) is 0 Å². The number of nitrogens with zero attached hydrogens (tertiary/aromatic N) is 5. The molecule has 32 heavy (non-hydrogen) atoms. The summed E-state index contributed by atoms with van der Waals surface area (Å²) in [6, 6.07) is 11.8. The molecular formula is C22H25N7O2S. The van der Waals surface area contributed by atoms with Crippen molar-refractivity contribution < 1.29 is 8.42 Å². The SMILES string of the molecule is CNS(=O)(=O)CCNc1ccc(-c2cnn(C)c2)cc1-c1ccn(Cc2cccnc2)n1. The summed E-state index contributed by atoms with van der Waals surface area (Å²) in [6.07, 6.45) is 9.25. The molecule has 0 saturated heterocycles. The molecule has 1 aromatic carbocycles. The number of hydrogen-bond acceptors (Lipinski definition) is 6. The molecule has 166 valence electrons. The lowest BCUT2D eigenvalue weighted by Gasteiger charge is -2.13. The molecule has 2 N–H and O–H groups in total. The first-order valence-electron chi connectivity index (χ1n) is 10.1. The number of sulfonamides is 1. The van der Waals surface area contributed by atoms with Crippen LogP contribution in [-0.4, -0.2) is 52.3 Å². The Balaban J connectivity index is 1.64. The van der Waals surface area contributed by atoms with E-state index in [1.54, 1.807) is 10.9 Å². The van der Waals surface area contributed by atoms with E-state index in [0.29, 0.717) is 6.54 Å². The molecule has 9 nitrogen and oxygen atoms in total. The lowest BCUT2D eigenvalue weighted by Crippen LogP contribution is -2.26. The van der Waals surface area contributed by atoms with Crippen LogP contribution in [-0.2, 0) is 23.6 Å². The van der Waals surface area contributed by atoms with Crippen LogP contribution in [0.15, 0.2) is 67.4 Å². The van der Waals surface area contributed by atoms with Crippen molar-refractivity contribution in [1.82, 2.24) is 29.3 Å². The van der Waals surface area contributed by atoms with Gasteiger partial charge in [-0.3, -0.25) is 14.3 Å². The molecule has 3 heterocycles. The minimum atomic E-state index is -3.30. The predicted molar refractivity (Wildman–Crippen MR) is 125 cm³/mol. The first-order chi connectivity index (χ1) is 15.4. The Kier molecular flexibility index (Phi) is 6.33. The molecule has 3 aromatic heterocycles. The highest BCUT2D eigenvalue weighted by molar-refractivity contribution is 7.89. The van der Waals surface area contributed by atoms with Crippen LogP contribution in [0.2, 0.25) is 0 Å². The topological polar surface area (TPSA) is 107 Å². The van der Waals surface area contributed by atoms with Crippen LogP contribution in [0.4, 0.5) is 5.69 Å². The van der Waals surface area contributed by atoms with E-state index >= 15 is 0 Å². The summed E-state index contributed by atoms with van der Waals surface area (Å²) in [5.41, 5.74) is 5.55. The number of benzene rings is 1. The number of pyridine rings is 1. The molecule has 0 aliphatic rings. The van der Waals surface area contributed by atoms with Gasteiger partial charge in [0.1, 0.15) is 0 Å². The highest BCUT2D eigenvalue weighted by Crippen LogP contribution is 2.32. The van der Waals surface area contributed by atoms with E-state index in [4.69, 9.17) is 5.10 Å². The molecule has 0 aliphatic heterocycles. The molecule has 0 unspecified atom stereocenters. The molecule has 0 bridgehead atoms. The number of aromatic nitrogens is 5. The summed E-state index contributed by atoms with van der Waals surface area (Å²) < 4.78 is 29.5. The standard InChI is InChI=1S/C22H25N7O2S/c1-23-32(30,31)11-9-25-21-6-5-18(19-14-26-28(2)16-19)12-20(21)22-7-10-29(27-22)15-17-4-3-8-24-13-17/h3-8,10,12-14,16,23,25H,9,11,15H2,1-2H3. The Morgan fingerprint density at radius 2 is 1.97 bits per heavy atom. The van der Waals surface area contributed by atoms with Gasteiger partial charge in [-0.1, -0.05) is 12.1 Å². The second-order valence-corrected chi connectivity index (χ2v) is 9.42. The van der Waals surface area contributed by atoms with E-state index in [1.807, 2.05) is 72.9 Å². The molecule has 0 fully saturated rings. The molecular weight excluding hydrogens is 426 g/mol. The fourth-order valence-corrected chi connectivity index (χ4v) is 3.93. The average molecular weight is 452 g/mol. The van der Waals surface area contributed by atoms with E-state index in [-0.39, 0.29) is 12.3 Å². The summed E-state index contributed by atoms with van der Waals surface area (Å²) in [5, 5.41) is 12.2. The largest absolute Gasteiger partial charge is 0.383 e. The number of hydrogen-bond donors (Lipinski definition) is 2. The third kappa shape index (κ3) is 5.21. The van der Waals surface area contributed by atoms with Crippen molar-refractivity contribution >= 4 is 15.7 Å². The summed E-state index contributed by atoms with van der Waals surface area (Å²) in [7, 11) is -0.00251. The lowest BCUT2D eigenvalue weighted by molar-refractivity contribution is 0.588. The number of nitrogens with one attached hydrogen (secondary N) is 2. The molecule has 0 aliphatic carbocycles. The monoisotopic (exact) mass is 451 g/mol. The quantitative estimate of drug-likeness (QED) is 0.405. The van der Waals surface area contributed by atoms with Gasteiger partial charge in [0.05, 0.1) is 24.2 Å². The van der Waals surface area contributed by atoms with Gasteiger partial charge in [0.15, 0.2) is 0 Å². The molecule has 0 saturated carbocycles. The first-order valence-corrected chi connectivity index (χ1v) is 11.8. The van der Waals surface area contributed by atoms with Crippen LogP contribution in [0.5, 0.6) is 0 Å². The van der Waals surface area contributed by atoms with E-state index in [0.717, 1.165) is 33.6 Å². The summed E-state index contributed by atoms with van der Waals surface area (Å²) in [4.78, 5) is 4.15. The highest BCUT2D eigenvalue weighted by Gasteiger charge is 2.13. The molecule has 0 atom stereocenters. The number of rotatable bonds is 9. The zero-order chi connectivity index (χ0) is 22.6. The maximum atomic E-state index is 11.8. The third-order valence-electron chi connectivity index (χ3n) is 5.04. The lowest BCUT2D eigenvalue weighted by atomic mass is 10.0. The second-order valence-electron chi connectivity index (χ2n) is 7.37. The molecule has 0 radical (unpaired) electrons. The zero-order valence-electron chi connectivity index (χ0n) is 17.9. The van der Waals surface area contributed by atoms with Gasteiger partial charge in [-0.05, 0) is 42.4 Å². The van der Waals surface area contributed by atoms with Crippen LogP contribution >= 0.6 is 0 Å². The Morgan fingerprint density at radius 3 is 2.69 bits per heavy atom. The molecule has 0 amide bonds. The van der Waals surface area contributed by atoms with Crippen molar-refractivity contribution in [3.05, 3.63) is 72.9 Å². The minimum absolute atomic E-state index is 0.0251. The molecule has 4 rings (SSSR count). The fourth-order valence-electron chi connectivity index (χ4n) is 3.35. The Bertz CT molecular complexity index is 1300. The second kappa shape index (κ2) is 9.33. The van der Waals surface area contributed by atoms with E-state index in [2.05, 4.69) is 20.1 Å². The highest BCUT2D eigenvalue weighted by atomic mass is 32.2. The molecule has 4 aromatic rings. The molecule has 0 spiro atoms. The Hall–Kier alpha value is -3.50. The van der Waals surface area contributed by atoms with E-state index in [1.165, 1.54) is 7.05 Å². The summed E-state index contributed by atoms with van der Waals surface area (Å²) in [6.45, 7) is 0.887. The van der Waals surface area contributed by atoms with E-state index in [9.17, 15) is 8.42 Å². The van der Waals surface area contributed by atoms with Gasteiger partial charge in [-0.2, -0.15) is 10.2 Å². The molecule has 10 heteroatoms. The zero-order valence-corrected chi connectivity index (χ0v) is 18.7. The van der Waals surface area contributed by atoms with Gasteiger partial charge in [-0.25, -0.2) is 13.1 Å². The first kappa shape index (κ1) is 21.7. The number of anilines is 1. The van der Waals surface area contributed by atoms with Gasteiger partial charge >= 0.3 is 0 Å². The van der Waals surface area contributed by atoms with Crippen LogP contribution in [0.25, 0.3) is 22.4 Å². The minimum Gasteiger partial charge on any atom is -0.383 e. The van der Waals surface area contributed by atoms with Crippen LogP contribution < -0.4 is 10.0 Å². The van der Waals surface area contributed by atoms with E-state index < -0.39 is 10.0 Å². The van der Waals surface area contributed by atoms with Crippen molar-refractivity contribution in [2.45, 2.75) is 6.54 Å². The van der Waals surface area contributed by atoms with Crippen molar-refractivity contribution in [2.75, 3.05) is 24.7 Å².